The van der Waals surface area contributed by atoms with E-state index in [9.17, 15) is 4.79 Å². The third-order valence-electron chi connectivity index (χ3n) is 6.53. The van der Waals surface area contributed by atoms with E-state index in [1.165, 1.54) is 5.56 Å². The fraction of sp³-hybridized carbons (Fsp3) is 0.269. The number of fused-ring (bicyclic) bond motifs is 5. The molecule has 5 rings (SSSR count). The van der Waals surface area contributed by atoms with Gasteiger partial charge in [0.25, 0.3) is 5.56 Å². The summed E-state index contributed by atoms with van der Waals surface area (Å²) in [7, 11) is 0. The molecule has 0 saturated heterocycles. The number of hydrogen-bond donors (Lipinski definition) is 0. The SMILES string of the molecule is C=CCSc1nnc2n(Cc3ccccc3)c(=O)c3c(n12)-c1ccccc1C[C@@]3(C)CC. The van der Waals surface area contributed by atoms with Crippen LogP contribution in [0.4, 0.5) is 0 Å². The summed E-state index contributed by atoms with van der Waals surface area (Å²) >= 11 is 1.59. The molecule has 0 aliphatic heterocycles. The van der Waals surface area contributed by atoms with Crippen LogP contribution >= 0.6 is 11.8 Å². The van der Waals surface area contributed by atoms with Gasteiger partial charge < -0.3 is 0 Å². The largest absolute Gasteiger partial charge is 0.272 e. The van der Waals surface area contributed by atoms with E-state index in [0.29, 0.717) is 12.3 Å². The summed E-state index contributed by atoms with van der Waals surface area (Å²) in [5, 5.41) is 9.79. The Bertz CT molecular complexity index is 1370. The molecule has 0 unspecified atom stereocenters. The molecular formula is C26H26N4OS. The number of hydrogen-bond acceptors (Lipinski definition) is 4. The molecule has 1 atom stereocenters. The van der Waals surface area contributed by atoms with Crippen LogP contribution in [0.2, 0.25) is 0 Å². The zero-order valence-corrected chi connectivity index (χ0v) is 19.2. The molecule has 0 amide bonds. The summed E-state index contributed by atoms with van der Waals surface area (Å²) in [4.78, 5) is 14.1. The van der Waals surface area contributed by atoms with Gasteiger partial charge in [-0.3, -0.25) is 13.8 Å². The molecule has 0 N–H and O–H groups in total. The standard InChI is InChI=1S/C26H26N4OS/c1-4-15-32-25-28-27-24-29(17-18-11-7-6-8-12-18)23(31)21-22(30(24)25)20-14-10-9-13-19(20)16-26(21,3)5-2/h4,6-14H,1,5,15-17H2,2-3H3/t26-/m1/s1. The molecule has 2 aromatic heterocycles. The van der Waals surface area contributed by atoms with Crippen molar-refractivity contribution in [1.82, 2.24) is 19.2 Å². The van der Waals surface area contributed by atoms with Crippen molar-refractivity contribution in [3.8, 4) is 11.3 Å². The van der Waals surface area contributed by atoms with E-state index in [0.717, 1.165) is 46.1 Å². The summed E-state index contributed by atoms with van der Waals surface area (Å²) in [5.74, 6) is 1.30. The smallest absolute Gasteiger partial charge is 0.259 e. The highest BCUT2D eigenvalue weighted by molar-refractivity contribution is 7.99. The molecule has 0 saturated carbocycles. The fourth-order valence-electron chi connectivity index (χ4n) is 4.72. The van der Waals surface area contributed by atoms with E-state index in [-0.39, 0.29) is 11.0 Å². The van der Waals surface area contributed by atoms with Gasteiger partial charge in [-0.25, -0.2) is 0 Å². The van der Waals surface area contributed by atoms with Crippen LogP contribution in [-0.4, -0.2) is 24.9 Å². The average molecular weight is 443 g/mol. The van der Waals surface area contributed by atoms with Gasteiger partial charge in [0.1, 0.15) is 0 Å². The summed E-state index contributed by atoms with van der Waals surface area (Å²) in [6.07, 6.45) is 3.58. The molecule has 1 aliphatic carbocycles. The fourth-order valence-corrected chi connectivity index (χ4v) is 5.39. The molecule has 1 aliphatic rings. The van der Waals surface area contributed by atoms with Gasteiger partial charge in [0.15, 0.2) is 5.16 Å². The number of aromatic nitrogens is 4. The lowest BCUT2D eigenvalue weighted by Crippen LogP contribution is -2.40. The maximum Gasteiger partial charge on any atom is 0.259 e. The second kappa shape index (κ2) is 8.10. The van der Waals surface area contributed by atoms with Crippen molar-refractivity contribution < 1.29 is 0 Å². The van der Waals surface area contributed by atoms with Crippen molar-refractivity contribution >= 4 is 17.5 Å². The van der Waals surface area contributed by atoms with Gasteiger partial charge in [0, 0.05) is 22.3 Å². The van der Waals surface area contributed by atoms with Crippen LogP contribution in [0.15, 0.2) is 77.2 Å². The molecular weight excluding hydrogens is 416 g/mol. The Labute approximate surface area is 191 Å². The molecule has 4 aromatic rings. The first-order valence-electron chi connectivity index (χ1n) is 11.0. The van der Waals surface area contributed by atoms with Gasteiger partial charge in [-0.2, -0.15) is 0 Å². The van der Waals surface area contributed by atoms with Crippen molar-refractivity contribution in [2.45, 2.75) is 43.8 Å². The van der Waals surface area contributed by atoms with Gasteiger partial charge in [0.05, 0.1) is 12.2 Å². The highest BCUT2D eigenvalue weighted by Crippen LogP contribution is 2.44. The molecule has 162 valence electrons. The topological polar surface area (TPSA) is 52.2 Å². The maximum atomic E-state index is 14.1. The Kier molecular flexibility index (Phi) is 5.25. The van der Waals surface area contributed by atoms with E-state index in [4.69, 9.17) is 0 Å². The molecule has 2 aromatic carbocycles. The third-order valence-corrected chi connectivity index (χ3v) is 7.45. The van der Waals surface area contributed by atoms with Crippen LogP contribution in [0, 0.1) is 0 Å². The zero-order chi connectivity index (χ0) is 22.3. The number of thioether (sulfide) groups is 1. The molecule has 2 heterocycles. The van der Waals surface area contributed by atoms with E-state index < -0.39 is 0 Å². The molecule has 0 fully saturated rings. The second-order valence-corrected chi connectivity index (χ2v) is 9.55. The first kappa shape index (κ1) is 20.8. The molecule has 32 heavy (non-hydrogen) atoms. The predicted molar refractivity (Wildman–Crippen MR) is 130 cm³/mol. The molecule has 0 spiro atoms. The van der Waals surface area contributed by atoms with Crippen LogP contribution < -0.4 is 5.56 Å². The lowest BCUT2D eigenvalue weighted by atomic mass is 9.69. The number of rotatable bonds is 6. The monoisotopic (exact) mass is 442 g/mol. The van der Waals surface area contributed by atoms with Crippen LogP contribution in [0.5, 0.6) is 0 Å². The maximum absolute atomic E-state index is 14.1. The summed E-state index contributed by atoms with van der Waals surface area (Å²) in [6, 6.07) is 18.5. The highest BCUT2D eigenvalue weighted by Gasteiger charge is 2.39. The van der Waals surface area contributed by atoms with E-state index in [1.54, 1.807) is 16.3 Å². The van der Waals surface area contributed by atoms with E-state index in [2.05, 4.69) is 53.2 Å². The summed E-state index contributed by atoms with van der Waals surface area (Å²) < 4.78 is 3.89. The number of benzene rings is 2. The average Bonchev–Trinajstić information content (AvgIpc) is 3.24. The van der Waals surface area contributed by atoms with Crippen molar-refractivity contribution in [1.29, 1.82) is 0 Å². The molecule has 0 radical (unpaired) electrons. The predicted octanol–water partition coefficient (Wildman–Crippen LogP) is 5.11. The van der Waals surface area contributed by atoms with Crippen LogP contribution in [0.25, 0.3) is 17.0 Å². The van der Waals surface area contributed by atoms with Gasteiger partial charge >= 0.3 is 0 Å². The summed E-state index contributed by atoms with van der Waals surface area (Å²) in [5.41, 5.74) is 5.00. The van der Waals surface area contributed by atoms with Gasteiger partial charge in [-0.15, -0.1) is 16.8 Å². The third kappa shape index (κ3) is 3.21. The minimum atomic E-state index is -0.266. The summed E-state index contributed by atoms with van der Waals surface area (Å²) in [6.45, 7) is 8.69. The minimum Gasteiger partial charge on any atom is -0.272 e. The normalized spacial score (nSPS) is 17.2. The van der Waals surface area contributed by atoms with Gasteiger partial charge in [0.2, 0.25) is 5.78 Å². The van der Waals surface area contributed by atoms with Crippen LogP contribution in [-0.2, 0) is 18.4 Å². The Morgan fingerprint density at radius 2 is 1.88 bits per heavy atom. The Hall–Kier alpha value is -3.12. The molecule has 6 heteroatoms. The van der Waals surface area contributed by atoms with Crippen molar-refractivity contribution in [3.63, 3.8) is 0 Å². The van der Waals surface area contributed by atoms with Crippen molar-refractivity contribution in [2.24, 2.45) is 0 Å². The molecule has 5 nitrogen and oxygen atoms in total. The van der Waals surface area contributed by atoms with E-state index >= 15 is 0 Å². The lowest BCUT2D eigenvalue weighted by Gasteiger charge is -2.36. The quantitative estimate of drug-likeness (QED) is 0.308. The first-order chi connectivity index (χ1) is 15.6. The second-order valence-electron chi connectivity index (χ2n) is 8.57. The van der Waals surface area contributed by atoms with Gasteiger partial charge in [-0.1, -0.05) is 86.3 Å². The van der Waals surface area contributed by atoms with Crippen LogP contribution in [0.1, 0.15) is 37.0 Å². The number of nitrogens with zero attached hydrogens (tertiary/aromatic N) is 4. The molecule has 0 bridgehead atoms. The zero-order valence-electron chi connectivity index (χ0n) is 18.4. The van der Waals surface area contributed by atoms with Crippen molar-refractivity contribution in [3.05, 3.63) is 94.3 Å². The minimum absolute atomic E-state index is 0.0304. The Morgan fingerprint density at radius 1 is 1.12 bits per heavy atom. The van der Waals surface area contributed by atoms with Crippen LogP contribution in [0.3, 0.4) is 0 Å². The lowest BCUT2D eigenvalue weighted by molar-refractivity contribution is 0.435. The Balaban J connectivity index is 1.89. The van der Waals surface area contributed by atoms with Crippen molar-refractivity contribution in [2.75, 3.05) is 5.75 Å². The Morgan fingerprint density at radius 3 is 2.62 bits per heavy atom. The highest BCUT2D eigenvalue weighted by atomic mass is 32.2. The van der Waals surface area contributed by atoms with E-state index in [1.807, 2.05) is 42.5 Å². The van der Waals surface area contributed by atoms with Gasteiger partial charge in [-0.05, 0) is 24.0 Å². The first-order valence-corrected chi connectivity index (χ1v) is 11.9.